The van der Waals surface area contributed by atoms with Gasteiger partial charge in [0.25, 0.3) is 5.91 Å². The van der Waals surface area contributed by atoms with Crippen molar-refractivity contribution in [1.82, 2.24) is 4.90 Å². The molecule has 4 heteroatoms. The van der Waals surface area contributed by atoms with Crippen molar-refractivity contribution in [3.05, 3.63) is 33.8 Å². The minimum atomic E-state index is 0.112. The Balaban J connectivity index is 2.18. The fourth-order valence-electron chi connectivity index (χ4n) is 2.61. The first-order valence-corrected chi connectivity index (χ1v) is 7.57. The summed E-state index contributed by atoms with van der Waals surface area (Å²) in [7, 11) is 0. The summed E-state index contributed by atoms with van der Waals surface area (Å²) in [6.45, 7) is 6.49. The van der Waals surface area contributed by atoms with E-state index in [9.17, 15) is 4.79 Å². The van der Waals surface area contributed by atoms with Crippen LogP contribution in [0.1, 0.15) is 29.3 Å². The normalized spacial score (nSPS) is 23.5. The molecule has 2 atom stereocenters. The SMILES string of the molecule is Cc1ccc(Br)c(C(=O)N2CCC(C)C(CN)C2)c1. The molecule has 0 spiro atoms. The van der Waals surface area contributed by atoms with Crippen molar-refractivity contribution < 1.29 is 4.79 Å². The van der Waals surface area contributed by atoms with Gasteiger partial charge in [0.05, 0.1) is 5.56 Å². The second kappa shape index (κ2) is 6.06. The Hall–Kier alpha value is -0.870. The van der Waals surface area contributed by atoms with Gasteiger partial charge in [0.15, 0.2) is 0 Å². The Morgan fingerprint density at radius 1 is 1.53 bits per heavy atom. The van der Waals surface area contributed by atoms with Crippen LogP contribution in [-0.2, 0) is 0 Å². The van der Waals surface area contributed by atoms with Crippen LogP contribution in [0.25, 0.3) is 0 Å². The third-order valence-corrected chi connectivity index (χ3v) is 4.75. The first-order chi connectivity index (χ1) is 9.02. The number of rotatable bonds is 2. The number of nitrogens with zero attached hydrogens (tertiary/aromatic N) is 1. The van der Waals surface area contributed by atoms with Crippen LogP contribution >= 0.6 is 15.9 Å². The zero-order valence-electron chi connectivity index (χ0n) is 11.5. The van der Waals surface area contributed by atoms with Crippen molar-refractivity contribution in [1.29, 1.82) is 0 Å². The molecule has 1 saturated heterocycles. The molecule has 0 aromatic heterocycles. The number of benzene rings is 1. The molecular formula is C15H21BrN2O. The predicted octanol–water partition coefficient (Wildman–Crippen LogP) is 2.81. The average molecular weight is 325 g/mol. The van der Waals surface area contributed by atoms with Gasteiger partial charge in [0.1, 0.15) is 0 Å². The zero-order valence-corrected chi connectivity index (χ0v) is 13.1. The number of aryl methyl sites for hydroxylation is 1. The van der Waals surface area contributed by atoms with Crippen molar-refractivity contribution in [2.75, 3.05) is 19.6 Å². The van der Waals surface area contributed by atoms with E-state index in [1.807, 2.05) is 30.0 Å². The Kier molecular flexibility index (Phi) is 4.63. The zero-order chi connectivity index (χ0) is 14.0. The minimum absolute atomic E-state index is 0.112. The molecule has 1 aromatic rings. The smallest absolute Gasteiger partial charge is 0.255 e. The molecular weight excluding hydrogens is 304 g/mol. The highest BCUT2D eigenvalue weighted by molar-refractivity contribution is 9.10. The van der Waals surface area contributed by atoms with E-state index in [0.717, 1.165) is 35.1 Å². The van der Waals surface area contributed by atoms with Gasteiger partial charge < -0.3 is 10.6 Å². The second-order valence-corrected chi connectivity index (χ2v) is 6.35. The number of halogens is 1. The van der Waals surface area contributed by atoms with E-state index in [1.54, 1.807) is 0 Å². The molecule has 1 fully saturated rings. The van der Waals surface area contributed by atoms with Gasteiger partial charge in [0, 0.05) is 17.6 Å². The Bertz CT molecular complexity index is 475. The standard InChI is InChI=1S/C15H21BrN2O/c1-10-3-4-14(16)13(7-10)15(19)18-6-5-11(2)12(8-17)9-18/h3-4,7,11-12H,5-6,8-9,17H2,1-2H3. The largest absolute Gasteiger partial charge is 0.338 e. The quantitative estimate of drug-likeness (QED) is 0.909. The van der Waals surface area contributed by atoms with Crippen molar-refractivity contribution in [3.8, 4) is 0 Å². The number of nitrogens with two attached hydrogens (primary N) is 1. The summed E-state index contributed by atoms with van der Waals surface area (Å²) in [5.41, 5.74) is 7.66. The number of hydrogen-bond acceptors (Lipinski definition) is 2. The van der Waals surface area contributed by atoms with Gasteiger partial charge in [-0.25, -0.2) is 0 Å². The van der Waals surface area contributed by atoms with Crippen LogP contribution in [0.15, 0.2) is 22.7 Å². The lowest BCUT2D eigenvalue weighted by atomic mass is 9.87. The molecule has 0 radical (unpaired) electrons. The van der Waals surface area contributed by atoms with Crippen molar-refractivity contribution >= 4 is 21.8 Å². The third kappa shape index (κ3) is 3.18. The monoisotopic (exact) mass is 324 g/mol. The van der Waals surface area contributed by atoms with Crippen LogP contribution in [0.4, 0.5) is 0 Å². The molecule has 2 rings (SSSR count). The Morgan fingerprint density at radius 2 is 2.26 bits per heavy atom. The summed E-state index contributed by atoms with van der Waals surface area (Å²) < 4.78 is 0.867. The number of carbonyl (C=O) groups excluding carboxylic acids is 1. The van der Waals surface area contributed by atoms with Gasteiger partial charge in [0.2, 0.25) is 0 Å². The summed E-state index contributed by atoms with van der Waals surface area (Å²) in [6, 6.07) is 5.89. The summed E-state index contributed by atoms with van der Waals surface area (Å²) in [5, 5.41) is 0. The van der Waals surface area contributed by atoms with Crippen molar-refractivity contribution in [2.24, 2.45) is 17.6 Å². The number of carbonyl (C=O) groups is 1. The van der Waals surface area contributed by atoms with Crippen molar-refractivity contribution in [2.45, 2.75) is 20.3 Å². The minimum Gasteiger partial charge on any atom is -0.338 e. The van der Waals surface area contributed by atoms with Crippen LogP contribution in [-0.4, -0.2) is 30.4 Å². The van der Waals surface area contributed by atoms with Crippen LogP contribution in [0, 0.1) is 18.8 Å². The summed E-state index contributed by atoms with van der Waals surface area (Å²) in [5.74, 6) is 1.14. The molecule has 1 aromatic carbocycles. The summed E-state index contributed by atoms with van der Waals surface area (Å²) in [4.78, 5) is 14.5. The molecule has 3 nitrogen and oxygen atoms in total. The van der Waals surface area contributed by atoms with E-state index >= 15 is 0 Å². The number of amides is 1. The lowest BCUT2D eigenvalue weighted by Gasteiger charge is -2.36. The van der Waals surface area contributed by atoms with Crippen LogP contribution in [0.3, 0.4) is 0 Å². The van der Waals surface area contributed by atoms with E-state index in [0.29, 0.717) is 18.4 Å². The van der Waals surface area contributed by atoms with Gasteiger partial charge in [-0.15, -0.1) is 0 Å². The van der Waals surface area contributed by atoms with E-state index in [2.05, 4.69) is 22.9 Å². The molecule has 104 valence electrons. The van der Waals surface area contributed by atoms with Crippen LogP contribution in [0.5, 0.6) is 0 Å². The highest BCUT2D eigenvalue weighted by Gasteiger charge is 2.29. The molecule has 2 unspecified atom stereocenters. The van der Waals surface area contributed by atoms with E-state index in [1.165, 1.54) is 0 Å². The first kappa shape index (κ1) is 14.5. The highest BCUT2D eigenvalue weighted by atomic mass is 79.9. The highest BCUT2D eigenvalue weighted by Crippen LogP contribution is 2.26. The predicted molar refractivity (Wildman–Crippen MR) is 81.1 cm³/mol. The molecule has 1 amide bonds. The number of hydrogen-bond donors (Lipinski definition) is 1. The fourth-order valence-corrected chi connectivity index (χ4v) is 3.03. The third-order valence-electron chi connectivity index (χ3n) is 4.06. The lowest BCUT2D eigenvalue weighted by molar-refractivity contribution is 0.0617. The molecule has 2 N–H and O–H groups in total. The molecule has 1 heterocycles. The van der Waals surface area contributed by atoms with Crippen LogP contribution < -0.4 is 5.73 Å². The van der Waals surface area contributed by atoms with Gasteiger partial charge in [-0.1, -0.05) is 18.6 Å². The second-order valence-electron chi connectivity index (χ2n) is 5.50. The van der Waals surface area contributed by atoms with Gasteiger partial charge in [-0.2, -0.15) is 0 Å². The molecule has 19 heavy (non-hydrogen) atoms. The molecule has 0 saturated carbocycles. The molecule has 1 aliphatic heterocycles. The molecule has 1 aliphatic rings. The lowest BCUT2D eigenvalue weighted by Crippen LogP contribution is -2.45. The maximum atomic E-state index is 12.6. The van der Waals surface area contributed by atoms with Gasteiger partial charge >= 0.3 is 0 Å². The molecule has 0 aliphatic carbocycles. The van der Waals surface area contributed by atoms with E-state index in [-0.39, 0.29) is 5.91 Å². The average Bonchev–Trinajstić information content (AvgIpc) is 2.41. The maximum absolute atomic E-state index is 12.6. The Labute approximate surface area is 123 Å². The molecule has 0 bridgehead atoms. The number of piperidine rings is 1. The first-order valence-electron chi connectivity index (χ1n) is 6.78. The topological polar surface area (TPSA) is 46.3 Å². The number of likely N-dealkylation sites (tertiary alicyclic amines) is 1. The fraction of sp³-hybridized carbons (Fsp3) is 0.533. The van der Waals surface area contributed by atoms with Gasteiger partial charge in [-0.05, 0) is 59.8 Å². The van der Waals surface area contributed by atoms with E-state index < -0.39 is 0 Å². The van der Waals surface area contributed by atoms with Crippen LogP contribution in [0.2, 0.25) is 0 Å². The van der Waals surface area contributed by atoms with E-state index in [4.69, 9.17) is 5.73 Å². The Morgan fingerprint density at radius 3 is 2.95 bits per heavy atom. The maximum Gasteiger partial charge on any atom is 0.255 e. The summed E-state index contributed by atoms with van der Waals surface area (Å²) >= 11 is 3.47. The summed E-state index contributed by atoms with van der Waals surface area (Å²) in [6.07, 6.45) is 1.04. The van der Waals surface area contributed by atoms with Gasteiger partial charge in [-0.3, -0.25) is 4.79 Å². The van der Waals surface area contributed by atoms with Crippen molar-refractivity contribution in [3.63, 3.8) is 0 Å².